The van der Waals surface area contributed by atoms with Gasteiger partial charge in [-0.25, -0.2) is 14.4 Å². The van der Waals surface area contributed by atoms with Crippen LogP contribution >= 0.6 is 0 Å². The molecule has 1 heterocycles. The van der Waals surface area contributed by atoms with E-state index in [4.69, 9.17) is 14.6 Å². The van der Waals surface area contributed by atoms with Crippen LogP contribution < -0.4 is 0 Å². The highest BCUT2D eigenvalue weighted by Gasteiger charge is 2.43. The number of carbonyl (C=O) groups is 3. The Hall–Kier alpha value is -2.05. The largest absolute Gasteiger partial charge is 0.480 e. The van der Waals surface area contributed by atoms with Gasteiger partial charge in [0.05, 0.1) is 6.54 Å². The van der Waals surface area contributed by atoms with Crippen LogP contribution in [0, 0.1) is 0 Å². The maximum absolute atomic E-state index is 12.0. The minimum Gasteiger partial charge on any atom is -0.480 e. The second-order valence-electron chi connectivity index (χ2n) is 5.49. The van der Waals surface area contributed by atoms with Crippen molar-refractivity contribution in [3.63, 3.8) is 0 Å². The third kappa shape index (κ3) is 4.25. The Labute approximate surface area is 117 Å². The van der Waals surface area contributed by atoms with Crippen LogP contribution in [0.3, 0.4) is 0 Å². The normalized spacial score (nSPS) is 22.2. The Morgan fingerprint density at radius 2 is 1.95 bits per heavy atom. The van der Waals surface area contributed by atoms with E-state index in [0.717, 1.165) is 11.0 Å². The van der Waals surface area contributed by atoms with Crippen molar-refractivity contribution in [1.29, 1.82) is 0 Å². The summed E-state index contributed by atoms with van der Waals surface area (Å²) in [5, 5.41) is 9.13. The summed E-state index contributed by atoms with van der Waals surface area (Å²) in [4.78, 5) is 35.3. The SMILES string of the molecule is C=CC(=O)O[C@H]1C[C@@H](C(=O)O)N(C(=O)OC(C)(C)C)C1. The Kier molecular flexibility index (Phi) is 4.75. The van der Waals surface area contributed by atoms with Gasteiger partial charge in [0.2, 0.25) is 0 Å². The molecule has 0 spiro atoms. The molecular formula is C13H19NO6. The van der Waals surface area contributed by atoms with Crippen LogP contribution in [-0.4, -0.2) is 52.3 Å². The highest BCUT2D eigenvalue weighted by Crippen LogP contribution is 2.23. The van der Waals surface area contributed by atoms with E-state index in [2.05, 4.69) is 6.58 Å². The van der Waals surface area contributed by atoms with Crippen LogP contribution in [0.4, 0.5) is 4.79 Å². The minimum atomic E-state index is -1.16. The Bertz CT molecular complexity index is 425. The number of aliphatic carboxylic acids is 1. The second-order valence-corrected chi connectivity index (χ2v) is 5.49. The molecule has 7 nitrogen and oxygen atoms in total. The summed E-state index contributed by atoms with van der Waals surface area (Å²) < 4.78 is 10.1. The van der Waals surface area contributed by atoms with E-state index >= 15 is 0 Å². The average Bonchev–Trinajstić information content (AvgIpc) is 2.70. The molecule has 0 unspecified atom stereocenters. The first-order chi connectivity index (χ1) is 9.14. The number of rotatable bonds is 3. The highest BCUT2D eigenvalue weighted by atomic mass is 16.6. The van der Waals surface area contributed by atoms with Gasteiger partial charge in [-0.15, -0.1) is 0 Å². The molecule has 1 rings (SSSR count). The molecule has 0 aromatic rings. The predicted molar refractivity (Wildman–Crippen MR) is 69.1 cm³/mol. The fraction of sp³-hybridized carbons (Fsp3) is 0.615. The van der Waals surface area contributed by atoms with Gasteiger partial charge in [-0.3, -0.25) is 4.90 Å². The third-order valence-corrected chi connectivity index (χ3v) is 2.63. The molecule has 0 aliphatic carbocycles. The lowest BCUT2D eigenvalue weighted by Gasteiger charge is -2.26. The van der Waals surface area contributed by atoms with Gasteiger partial charge >= 0.3 is 18.0 Å². The molecular weight excluding hydrogens is 266 g/mol. The molecule has 1 N–H and O–H groups in total. The minimum absolute atomic E-state index is 0.00847. The summed E-state index contributed by atoms with van der Waals surface area (Å²) in [6.07, 6.45) is -0.378. The maximum atomic E-state index is 12.0. The summed E-state index contributed by atoms with van der Waals surface area (Å²) in [7, 11) is 0. The standard InChI is InChI=1S/C13H19NO6/c1-5-10(15)19-8-6-9(11(16)17)14(7-8)12(18)20-13(2,3)4/h5,8-9H,1,6-7H2,2-4H3,(H,16,17)/t8-,9-/m0/s1. The van der Waals surface area contributed by atoms with Crippen molar-refractivity contribution in [3.8, 4) is 0 Å². The van der Waals surface area contributed by atoms with Gasteiger partial charge in [0, 0.05) is 12.5 Å². The van der Waals surface area contributed by atoms with Crippen LogP contribution in [-0.2, 0) is 19.1 Å². The summed E-state index contributed by atoms with van der Waals surface area (Å²) in [5.74, 6) is -1.81. The Morgan fingerprint density at radius 3 is 2.40 bits per heavy atom. The van der Waals surface area contributed by atoms with Crippen LogP contribution in [0.15, 0.2) is 12.7 Å². The molecule has 1 saturated heterocycles. The monoisotopic (exact) mass is 285 g/mol. The van der Waals surface area contributed by atoms with Crippen LogP contribution in [0.2, 0.25) is 0 Å². The average molecular weight is 285 g/mol. The number of carboxylic acids is 1. The van der Waals surface area contributed by atoms with Crippen molar-refractivity contribution >= 4 is 18.0 Å². The smallest absolute Gasteiger partial charge is 0.411 e. The fourth-order valence-electron chi connectivity index (χ4n) is 1.85. The predicted octanol–water partition coefficient (Wildman–Crippen LogP) is 1.18. The molecule has 20 heavy (non-hydrogen) atoms. The van der Waals surface area contributed by atoms with Crippen LogP contribution in [0.25, 0.3) is 0 Å². The number of hydrogen-bond acceptors (Lipinski definition) is 5. The number of ether oxygens (including phenoxy) is 2. The summed E-state index contributed by atoms with van der Waals surface area (Å²) in [6, 6.07) is -1.06. The zero-order valence-corrected chi connectivity index (χ0v) is 11.8. The molecule has 1 fully saturated rings. The molecule has 2 atom stereocenters. The number of amides is 1. The molecule has 112 valence electrons. The fourth-order valence-corrected chi connectivity index (χ4v) is 1.85. The van der Waals surface area contributed by atoms with Crippen LogP contribution in [0.1, 0.15) is 27.2 Å². The van der Waals surface area contributed by atoms with Gasteiger partial charge in [-0.1, -0.05) is 6.58 Å². The van der Waals surface area contributed by atoms with E-state index in [1.807, 2.05) is 0 Å². The topological polar surface area (TPSA) is 93.1 Å². The van der Waals surface area contributed by atoms with E-state index in [1.165, 1.54) is 0 Å². The number of carboxylic acid groups (broad SMARTS) is 1. The first-order valence-corrected chi connectivity index (χ1v) is 6.19. The molecule has 0 bridgehead atoms. The van der Waals surface area contributed by atoms with Crippen molar-refractivity contribution in [2.45, 2.75) is 44.9 Å². The van der Waals surface area contributed by atoms with Crippen molar-refractivity contribution in [3.05, 3.63) is 12.7 Å². The lowest BCUT2D eigenvalue weighted by molar-refractivity contribution is -0.144. The molecule has 0 radical (unpaired) electrons. The maximum Gasteiger partial charge on any atom is 0.411 e. The second kappa shape index (κ2) is 5.94. The summed E-state index contributed by atoms with van der Waals surface area (Å²) >= 11 is 0. The van der Waals surface area contributed by atoms with Gasteiger partial charge in [0.1, 0.15) is 17.7 Å². The quantitative estimate of drug-likeness (QED) is 0.618. The van der Waals surface area contributed by atoms with Crippen molar-refractivity contribution < 1.29 is 29.0 Å². The van der Waals surface area contributed by atoms with E-state index < -0.39 is 35.8 Å². The van der Waals surface area contributed by atoms with Gasteiger partial charge in [-0.05, 0) is 20.8 Å². The molecule has 1 aliphatic heterocycles. The Balaban J connectivity index is 2.77. The first kappa shape index (κ1) is 16.0. The number of esters is 1. The van der Waals surface area contributed by atoms with E-state index in [-0.39, 0.29) is 13.0 Å². The first-order valence-electron chi connectivity index (χ1n) is 6.19. The number of hydrogen-bond donors (Lipinski definition) is 1. The summed E-state index contributed by atoms with van der Waals surface area (Å²) in [6.45, 7) is 8.31. The molecule has 1 aliphatic rings. The zero-order chi connectivity index (χ0) is 15.5. The van der Waals surface area contributed by atoms with E-state index in [9.17, 15) is 14.4 Å². The van der Waals surface area contributed by atoms with Crippen molar-refractivity contribution in [2.75, 3.05) is 6.54 Å². The third-order valence-electron chi connectivity index (χ3n) is 2.63. The van der Waals surface area contributed by atoms with Crippen molar-refractivity contribution in [1.82, 2.24) is 4.90 Å². The highest BCUT2D eigenvalue weighted by molar-refractivity contribution is 5.83. The van der Waals surface area contributed by atoms with Gasteiger partial charge in [0.15, 0.2) is 0 Å². The number of likely N-dealkylation sites (tertiary alicyclic amines) is 1. The van der Waals surface area contributed by atoms with Crippen LogP contribution in [0.5, 0.6) is 0 Å². The molecule has 0 saturated carbocycles. The molecule has 0 aromatic carbocycles. The molecule has 0 aromatic heterocycles. The van der Waals surface area contributed by atoms with Crippen molar-refractivity contribution in [2.24, 2.45) is 0 Å². The molecule has 1 amide bonds. The van der Waals surface area contributed by atoms with E-state index in [0.29, 0.717) is 0 Å². The zero-order valence-electron chi connectivity index (χ0n) is 11.8. The van der Waals surface area contributed by atoms with Gasteiger partial charge < -0.3 is 14.6 Å². The lowest BCUT2D eigenvalue weighted by Crippen LogP contribution is -2.43. The number of carbonyl (C=O) groups excluding carboxylic acids is 2. The Morgan fingerprint density at radius 1 is 1.35 bits per heavy atom. The van der Waals surface area contributed by atoms with E-state index in [1.54, 1.807) is 20.8 Å². The summed E-state index contributed by atoms with van der Waals surface area (Å²) in [5.41, 5.74) is -0.726. The lowest BCUT2D eigenvalue weighted by atomic mass is 10.2. The number of nitrogens with zero attached hydrogens (tertiary/aromatic N) is 1. The van der Waals surface area contributed by atoms with Gasteiger partial charge in [0.25, 0.3) is 0 Å². The van der Waals surface area contributed by atoms with Gasteiger partial charge in [-0.2, -0.15) is 0 Å². The molecule has 7 heteroatoms.